The summed E-state index contributed by atoms with van der Waals surface area (Å²) in [5.74, 6) is 0.829. The highest BCUT2D eigenvalue weighted by Crippen LogP contribution is 2.25. The molecule has 3 amide bonds. The van der Waals surface area contributed by atoms with Crippen LogP contribution in [0, 0.1) is 0 Å². The van der Waals surface area contributed by atoms with E-state index in [1.54, 1.807) is 25.2 Å². The van der Waals surface area contributed by atoms with Gasteiger partial charge in [0.25, 0.3) is 0 Å². The van der Waals surface area contributed by atoms with E-state index in [1.165, 1.54) is 0 Å². The number of nitrogens with one attached hydrogen (secondary N) is 3. The van der Waals surface area contributed by atoms with Crippen molar-refractivity contribution in [3.63, 3.8) is 0 Å². The molecule has 2 aliphatic rings. The van der Waals surface area contributed by atoms with E-state index >= 15 is 0 Å². The molecule has 4 rings (SSSR count). The number of hydrogen-bond acceptors (Lipinski definition) is 8. The summed E-state index contributed by atoms with van der Waals surface area (Å²) in [6, 6.07) is 5.53. The molecule has 0 bridgehead atoms. The van der Waals surface area contributed by atoms with Gasteiger partial charge in [0.15, 0.2) is 28.4 Å². The molecule has 3 heterocycles. The summed E-state index contributed by atoms with van der Waals surface area (Å²) in [5.41, 5.74) is 11.8. The fourth-order valence-electron chi connectivity index (χ4n) is 4.29. The molecule has 2 fully saturated rings. The van der Waals surface area contributed by atoms with E-state index in [1.807, 2.05) is 12.1 Å². The lowest BCUT2D eigenvalue weighted by atomic mass is 9.89. The number of rotatable bonds is 6. The first-order valence-corrected chi connectivity index (χ1v) is 12.1. The van der Waals surface area contributed by atoms with Crippen molar-refractivity contribution >= 4 is 41.1 Å². The first kappa shape index (κ1) is 26.1. The van der Waals surface area contributed by atoms with E-state index in [4.69, 9.17) is 32.5 Å². The normalized spacial score (nSPS) is 17.3. The maximum absolute atomic E-state index is 12.7. The topological polar surface area (TPSA) is 182 Å². The van der Waals surface area contributed by atoms with Gasteiger partial charge in [-0.05, 0) is 37.0 Å². The number of carbonyl (C=O) groups is 2. The molecule has 13 nitrogen and oxygen atoms in total. The van der Waals surface area contributed by atoms with E-state index in [9.17, 15) is 9.59 Å². The third-order valence-corrected chi connectivity index (χ3v) is 6.69. The number of piperidine rings is 1. The first-order valence-electron chi connectivity index (χ1n) is 11.7. The number of urea groups is 1. The first-order chi connectivity index (χ1) is 17.7. The fourth-order valence-corrected chi connectivity index (χ4v) is 4.42. The van der Waals surface area contributed by atoms with Gasteiger partial charge >= 0.3 is 11.9 Å². The molecule has 0 aliphatic carbocycles. The van der Waals surface area contributed by atoms with Gasteiger partial charge in [-0.3, -0.25) is 4.79 Å². The van der Waals surface area contributed by atoms with Gasteiger partial charge in [0, 0.05) is 32.2 Å². The lowest BCUT2D eigenvalue weighted by molar-refractivity contribution is 0.0998. The highest BCUT2D eigenvalue weighted by molar-refractivity contribution is 6.31. The average molecular weight is 532 g/mol. The summed E-state index contributed by atoms with van der Waals surface area (Å²) in [6.45, 7) is 2.16. The number of hydrogen-bond donors (Lipinski definition) is 5. The Balaban J connectivity index is 1.27. The molecule has 1 aromatic carbocycles. The molecule has 2 aliphatic heterocycles. The van der Waals surface area contributed by atoms with Crippen molar-refractivity contribution in [2.24, 2.45) is 4.99 Å². The van der Waals surface area contributed by atoms with Crippen molar-refractivity contribution in [3.05, 3.63) is 34.6 Å². The number of ether oxygens (including phenoxy) is 2. The maximum Gasteiger partial charge on any atom is 0.317 e. The zero-order chi connectivity index (χ0) is 26.6. The molecular formula is C23H30ClN9O4. The minimum atomic E-state index is -0.690. The highest BCUT2D eigenvalue weighted by atomic mass is 35.5. The monoisotopic (exact) mass is 531 g/mol. The number of nitrogens with two attached hydrogens (primary N) is 2. The number of methoxy groups -OCH3 is 2. The van der Waals surface area contributed by atoms with E-state index in [0.717, 1.165) is 5.56 Å². The molecule has 1 spiro atoms. The predicted molar refractivity (Wildman–Crippen MR) is 139 cm³/mol. The predicted octanol–water partition coefficient (Wildman–Crippen LogP) is 0.788. The molecule has 1 aromatic heterocycles. The van der Waals surface area contributed by atoms with Crippen LogP contribution in [-0.4, -0.2) is 78.7 Å². The Labute approximate surface area is 218 Å². The second-order valence-electron chi connectivity index (χ2n) is 8.85. The molecule has 37 heavy (non-hydrogen) atoms. The number of carbonyl (C=O) groups excluding carboxylic acids is 2. The summed E-state index contributed by atoms with van der Waals surface area (Å²) in [7, 11) is 3.21. The number of anilines is 2. The second kappa shape index (κ2) is 10.9. The minimum Gasteiger partial charge on any atom is -0.497 e. The quantitative estimate of drug-likeness (QED) is 0.357. The van der Waals surface area contributed by atoms with Crippen molar-refractivity contribution in [3.8, 4) is 11.5 Å². The fraction of sp³-hybridized carbons (Fsp3) is 0.435. The number of halogens is 1. The molecule has 198 valence electrons. The molecule has 0 radical (unpaired) electrons. The number of aliphatic imine (C=N–C) groups is 1. The number of benzene rings is 1. The van der Waals surface area contributed by atoms with Crippen LogP contribution in [0.4, 0.5) is 16.4 Å². The number of aromatic nitrogens is 2. The van der Waals surface area contributed by atoms with Crippen LogP contribution in [0.5, 0.6) is 11.5 Å². The van der Waals surface area contributed by atoms with Gasteiger partial charge < -0.3 is 41.8 Å². The summed E-state index contributed by atoms with van der Waals surface area (Å²) in [6.07, 6.45) is 2.01. The van der Waals surface area contributed by atoms with Crippen LogP contribution in [0.15, 0.2) is 23.2 Å². The van der Waals surface area contributed by atoms with Crippen LogP contribution in [0.2, 0.25) is 5.15 Å². The number of likely N-dealkylation sites (tertiary alicyclic amines) is 1. The average Bonchev–Trinajstić information content (AvgIpc) is 3.27. The van der Waals surface area contributed by atoms with Crippen molar-refractivity contribution in [2.75, 3.05) is 51.9 Å². The van der Waals surface area contributed by atoms with Gasteiger partial charge in [-0.1, -0.05) is 11.6 Å². The van der Waals surface area contributed by atoms with Crippen LogP contribution in [-0.2, 0) is 6.42 Å². The molecule has 14 heteroatoms. The summed E-state index contributed by atoms with van der Waals surface area (Å²) < 4.78 is 10.6. The van der Waals surface area contributed by atoms with Gasteiger partial charge in [0.1, 0.15) is 11.5 Å². The van der Waals surface area contributed by atoms with E-state index in [-0.39, 0.29) is 34.1 Å². The van der Waals surface area contributed by atoms with Gasteiger partial charge in [-0.15, -0.1) is 0 Å². The Kier molecular flexibility index (Phi) is 7.71. The molecule has 0 unspecified atom stereocenters. The summed E-state index contributed by atoms with van der Waals surface area (Å²) >= 11 is 5.86. The smallest absolute Gasteiger partial charge is 0.317 e. The van der Waals surface area contributed by atoms with Gasteiger partial charge in [-0.2, -0.15) is 4.99 Å². The Bertz CT molecular complexity index is 1190. The largest absolute Gasteiger partial charge is 0.497 e. The molecule has 7 N–H and O–H groups in total. The van der Waals surface area contributed by atoms with E-state index in [0.29, 0.717) is 62.9 Å². The number of nitrogen functional groups attached to an aromatic ring is 2. The standard InChI is InChI=1S/C23H30ClN9O4/c1-36-14-9-13(10-15(11-14)37-2)3-6-27-22(35)33-7-4-23(5-8-33)12-28-21(32-23)31-20(34)16-18(25)30-19(26)17(24)29-16/h9-11H,3-8,12H2,1-2H3,(H,27,35)(H4,25,26,30)(H2,28,31,32,34). The number of nitrogens with zero attached hydrogens (tertiary/aromatic N) is 4. The van der Waals surface area contributed by atoms with Gasteiger partial charge in [0.2, 0.25) is 0 Å². The number of guanidine groups is 1. The zero-order valence-electron chi connectivity index (χ0n) is 20.6. The van der Waals surface area contributed by atoms with Crippen molar-refractivity contribution in [2.45, 2.75) is 24.8 Å². The second-order valence-corrected chi connectivity index (χ2v) is 9.21. The third-order valence-electron chi connectivity index (χ3n) is 6.41. The number of amides is 3. The summed E-state index contributed by atoms with van der Waals surface area (Å²) in [4.78, 5) is 38.8. The van der Waals surface area contributed by atoms with Crippen LogP contribution < -0.4 is 36.9 Å². The summed E-state index contributed by atoms with van der Waals surface area (Å²) in [5, 5.41) is 9.26. The molecule has 0 saturated carbocycles. The Morgan fingerprint density at radius 3 is 2.46 bits per heavy atom. The zero-order valence-corrected chi connectivity index (χ0v) is 21.4. The van der Waals surface area contributed by atoms with Crippen LogP contribution in [0.1, 0.15) is 28.9 Å². The lowest BCUT2D eigenvalue weighted by Gasteiger charge is -2.38. The van der Waals surface area contributed by atoms with Gasteiger partial charge in [-0.25, -0.2) is 14.8 Å². The Morgan fingerprint density at radius 1 is 1.14 bits per heavy atom. The lowest BCUT2D eigenvalue weighted by Crippen LogP contribution is -2.55. The minimum absolute atomic E-state index is 0.0595. The molecule has 0 atom stereocenters. The SMILES string of the molecule is COc1cc(CCNC(=O)N2CCC3(CC2)CN/C(=N\C(=O)c2nc(Cl)c(N)nc2N)N3)cc(OC)c1. The third kappa shape index (κ3) is 6.05. The molecule has 2 aromatic rings. The highest BCUT2D eigenvalue weighted by Gasteiger charge is 2.40. The van der Waals surface area contributed by atoms with Crippen LogP contribution >= 0.6 is 11.6 Å². The van der Waals surface area contributed by atoms with Crippen molar-refractivity contribution < 1.29 is 19.1 Å². The Morgan fingerprint density at radius 2 is 1.81 bits per heavy atom. The van der Waals surface area contributed by atoms with Crippen molar-refractivity contribution in [1.29, 1.82) is 0 Å². The maximum atomic E-state index is 12.7. The Hall–Kier alpha value is -4.00. The van der Waals surface area contributed by atoms with E-state index < -0.39 is 5.91 Å². The van der Waals surface area contributed by atoms with Crippen LogP contribution in [0.25, 0.3) is 0 Å². The molecular weight excluding hydrogens is 502 g/mol. The molecule has 2 saturated heterocycles. The van der Waals surface area contributed by atoms with Crippen LogP contribution in [0.3, 0.4) is 0 Å². The van der Waals surface area contributed by atoms with E-state index in [2.05, 4.69) is 30.9 Å². The van der Waals surface area contributed by atoms with Gasteiger partial charge in [0.05, 0.1) is 19.8 Å². The van der Waals surface area contributed by atoms with Crippen molar-refractivity contribution in [1.82, 2.24) is 30.8 Å².